The van der Waals surface area contributed by atoms with Crippen molar-refractivity contribution in [2.75, 3.05) is 5.32 Å². The zero-order valence-electron chi connectivity index (χ0n) is 12.0. The zero-order valence-corrected chi connectivity index (χ0v) is 13.6. The molecule has 0 spiro atoms. The van der Waals surface area contributed by atoms with Crippen LogP contribution in [0.15, 0.2) is 58.2 Å². The first-order valence-electron chi connectivity index (χ1n) is 6.98. The fourth-order valence-electron chi connectivity index (χ4n) is 2.21. The second kappa shape index (κ2) is 6.32. The number of oxime groups is 1. The van der Waals surface area contributed by atoms with Crippen LogP contribution in [0.25, 0.3) is 0 Å². The van der Waals surface area contributed by atoms with Gasteiger partial charge in [0, 0.05) is 16.6 Å². The molecule has 0 bridgehead atoms. The van der Waals surface area contributed by atoms with Crippen LogP contribution in [0.3, 0.4) is 0 Å². The molecule has 2 aromatic carbocycles. The third kappa shape index (κ3) is 3.20. The van der Waals surface area contributed by atoms with Crippen molar-refractivity contribution in [2.24, 2.45) is 5.16 Å². The number of anilines is 1. The number of benzene rings is 2. The molecule has 0 aromatic heterocycles. The Morgan fingerprint density at radius 2 is 2.05 bits per heavy atom. The van der Waals surface area contributed by atoms with Gasteiger partial charge in [0.1, 0.15) is 0 Å². The van der Waals surface area contributed by atoms with E-state index in [0.29, 0.717) is 6.42 Å². The lowest BCUT2D eigenvalue weighted by molar-refractivity contribution is -0.125. The summed E-state index contributed by atoms with van der Waals surface area (Å²) >= 11 is 3.45. The third-order valence-electron chi connectivity index (χ3n) is 3.51. The Hall–Kier alpha value is -2.14. The van der Waals surface area contributed by atoms with E-state index in [9.17, 15) is 4.79 Å². The number of hydrogen-bond acceptors (Lipinski definition) is 3. The molecule has 3 rings (SSSR count). The first-order valence-corrected chi connectivity index (χ1v) is 7.78. The van der Waals surface area contributed by atoms with Crippen LogP contribution in [0.4, 0.5) is 5.69 Å². The number of hydrogen-bond donors (Lipinski definition) is 1. The summed E-state index contributed by atoms with van der Waals surface area (Å²) in [6, 6.07) is 15.4. The number of nitrogens with zero attached hydrogens (tertiary/aromatic N) is 1. The molecule has 1 heterocycles. The summed E-state index contributed by atoms with van der Waals surface area (Å²) in [6.45, 7) is 2.00. The van der Waals surface area contributed by atoms with E-state index < -0.39 is 6.10 Å². The van der Waals surface area contributed by atoms with E-state index in [2.05, 4.69) is 26.4 Å². The van der Waals surface area contributed by atoms with Crippen LogP contribution in [0.2, 0.25) is 0 Å². The highest BCUT2D eigenvalue weighted by Gasteiger charge is 2.28. The van der Waals surface area contributed by atoms with Crippen LogP contribution in [-0.4, -0.2) is 17.7 Å². The monoisotopic (exact) mass is 358 g/mol. The van der Waals surface area contributed by atoms with Crippen molar-refractivity contribution in [1.29, 1.82) is 0 Å². The smallest absolute Gasteiger partial charge is 0.268 e. The van der Waals surface area contributed by atoms with Crippen molar-refractivity contribution < 1.29 is 9.63 Å². The topological polar surface area (TPSA) is 50.7 Å². The molecule has 0 aliphatic carbocycles. The molecule has 0 saturated heterocycles. The van der Waals surface area contributed by atoms with Crippen LogP contribution in [0.5, 0.6) is 0 Å². The second-order valence-electron chi connectivity index (χ2n) is 5.16. The highest BCUT2D eigenvalue weighted by atomic mass is 79.9. The van der Waals surface area contributed by atoms with Gasteiger partial charge in [-0.25, -0.2) is 0 Å². The standard InChI is InChI=1S/C17H15BrN2O2/c1-11-7-8-13(9-14(11)18)19-17(21)16-10-15(20-22-16)12-5-3-2-4-6-12/h2-9,16H,10H2,1H3,(H,19,21). The second-order valence-corrected chi connectivity index (χ2v) is 6.01. The molecule has 4 nitrogen and oxygen atoms in total. The van der Waals surface area contributed by atoms with Crippen LogP contribution in [0.1, 0.15) is 17.5 Å². The number of aryl methyl sites for hydroxylation is 1. The maximum absolute atomic E-state index is 12.3. The van der Waals surface area contributed by atoms with Gasteiger partial charge in [-0.05, 0) is 30.2 Å². The lowest BCUT2D eigenvalue weighted by atomic mass is 10.0. The third-order valence-corrected chi connectivity index (χ3v) is 4.36. The summed E-state index contributed by atoms with van der Waals surface area (Å²) < 4.78 is 0.957. The zero-order chi connectivity index (χ0) is 15.5. The molecule has 1 aliphatic heterocycles. The molecular weight excluding hydrogens is 344 g/mol. The summed E-state index contributed by atoms with van der Waals surface area (Å²) in [6.07, 6.45) is -0.113. The predicted octanol–water partition coefficient (Wildman–Crippen LogP) is 3.89. The first-order chi connectivity index (χ1) is 10.6. The largest absolute Gasteiger partial charge is 0.382 e. The minimum Gasteiger partial charge on any atom is -0.382 e. The van der Waals surface area contributed by atoms with E-state index in [1.165, 1.54) is 0 Å². The number of amides is 1. The van der Waals surface area contributed by atoms with E-state index in [-0.39, 0.29) is 5.91 Å². The molecule has 22 heavy (non-hydrogen) atoms. The van der Waals surface area contributed by atoms with Crippen molar-refractivity contribution in [1.82, 2.24) is 0 Å². The average Bonchev–Trinajstić information content (AvgIpc) is 3.02. The minimum absolute atomic E-state index is 0.189. The van der Waals surface area contributed by atoms with E-state index in [1.54, 1.807) is 0 Å². The van der Waals surface area contributed by atoms with Gasteiger partial charge in [-0.2, -0.15) is 0 Å². The van der Waals surface area contributed by atoms with Gasteiger partial charge in [0.2, 0.25) is 6.10 Å². The Kier molecular flexibility index (Phi) is 4.24. The maximum Gasteiger partial charge on any atom is 0.268 e. The molecule has 0 fully saturated rings. The number of rotatable bonds is 3. The molecule has 2 aromatic rings. The molecule has 0 saturated carbocycles. The lowest BCUT2D eigenvalue weighted by Crippen LogP contribution is -2.28. The van der Waals surface area contributed by atoms with Crippen molar-refractivity contribution in [3.05, 3.63) is 64.1 Å². The van der Waals surface area contributed by atoms with Gasteiger partial charge in [-0.15, -0.1) is 0 Å². The summed E-state index contributed by atoms with van der Waals surface area (Å²) in [7, 11) is 0. The summed E-state index contributed by atoms with van der Waals surface area (Å²) in [5.74, 6) is -0.189. The summed E-state index contributed by atoms with van der Waals surface area (Å²) in [5, 5.41) is 6.88. The minimum atomic E-state index is -0.588. The lowest BCUT2D eigenvalue weighted by Gasteiger charge is -2.10. The van der Waals surface area contributed by atoms with Crippen LogP contribution < -0.4 is 5.32 Å². The van der Waals surface area contributed by atoms with Crippen molar-refractivity contribution in [2.45, 2.75) is 19.4 Å². The van der Waals surface area contributed by atoms with E-state index in [0.717, 1.165) is 27.0 Å². The van der Waals surface area contributed by atoms with Crippen molar-refractivity contribution >= 4 is 33.2 Å². The van der Waals surface area contributed by atoms with Gasteiger partial charge in [0.05, 0.1) is 5.71 Å². The molecule has 5 heteroatoms. The predicted molar refractivity (Wildman–Crippen MR) is 90.0 cm³/mol. The molecule has 1 aliphatic rings. The summed E-state index contributed by atoms with van der Waals surface area (Å²) in [4.78, 5) is 17.5. The SMILES string of the molecule is Cc1ccc(NC(=O)C2CC(c3ccccc3)=NO2)cc1Br. The molecule has 0 radical (unpaired) electrons. The molecule has 1 atom stereocenters. The van der Waals surface area contributed by atoms with E-state index >= 15 is 0 Å². The van der Waals surface area contributed by atoms with Crippen LogP contribution in [0, 0.1) is 6.92 Å². The van der Waals surface area contributed by atoms with Gasteiger partial charge in [-0.1, -0.05) is 57.5 Å². The van der Waals surface area contributed by atoms with Gasteiger partial charge >= 0.3 is 0 Å². The Balaban J connectivity index is 1.64. The van der Waals surface area contributed by atoms with Crippen molar-refractivity contribution in [3.8, 4) is 0 Å². The number of nitrogens with one attached hydrogen (secondary N) is 1. The van der Waals surface area contributed by atoms with Gasteiger partial charge in [0.15, 0.2) is 0 Å². The number of carbonyl (C=O) groups excluding carboxylic acids is 1. The molecule has 1 amide bonds. The van der Waals surface area contributed by atoms with Gasteiger partial charge < -0.3 is 10.2 Å². The van der Waals surface area contributed by atoms with Crippen LogP contribution >= 0.6 is 15.9 Å². The maximum atomic E-state index is 12.3. The fourth-order valence-corrected chi connectivity index (χ4v) is 2.59. The highest BCUT2D eigenvalue weighted by molar-refractivity contribution is 9.10. The average molecular weight is 359 g/mol. The summed E-state index contributed by atoms with van der Waals surface area (Å²) in [5.41, 5.74) is 3.63. The van der Waals surface area contributed by atoms with Crippen LogP contribution in [-0.2, 0) is 9.63 Å². The molecule has 1 N–H and O–H groups in total. The molecule has 112 valence electrons. The number of carbonyl (C=O) groups is 1. The Bertz CT molecular complexity index is 729. The van der Waals surface area contributed by atoms with Crippen molar-refractivity contribution in [3.63, 3.8) is 0 Å². The fraction of sp³-hybridized carbons (Fsp3) is 0.176. The Labute approximate surface area is 137 Å². The highest BCUT2D eigenvalue weighted by Crippen LogP contribution is 2.22. The normalized spacial score (nSPS) is 16.8. The number of halogens is 1. The Morgan fingerprint density at radius 3 is 2.77 bits per heavy atom. The quantitative estimate of drug-likeness (QED) is 0.904. The van der Waals surface area contributed by atoms with Gasteiger partial charge in [0.25, 0.3) is 5.91 Å². The van der Waals surface area contributed by atoms with E-state index in [1.807, 2.05) is 55.5 Å². The first kappa shape index (κ1) is 14.8. The molecule has 1 unspecified atom stereocenters. The van der Waals surface area contributed by atoms with E-state index in [4.69, 9.17) is 4.84 Å². The molecular formula is C17H15BrN2O2. The Morgan fingerprint density at radius 1 is 1.27 bits per heavy atom. The van der Waals surface area contributed by atoms with Gasteiger partial charge in [-0.3, -0.25) is 4.79 Å².